The van der Waals surface area contributed by atoms with Crippen molar-refractivity contribution in [3.63, 3.8) is 0 Å². The molecule has 7 nitrogen and oxygen atoms in total. The zero-order valence-electron chi connectivity index (χ0n) is 18.3. The number of carboxylic acids is 2. The summed E-state index contributed by atoms with van der Waals surface area (Å²) in [6.07, 6.45) is -0.429. The number of fused-ring (bicyclic) bond motifs is 1. The minimum absolute atomic E-state index is 0.225. The monoisotopic (exact) mass is 426 g/mol. The molecule has 1 aromatic heterocycles. The lowest BCUT2D eigenvalue weighted by Gasteiger charge is -2.19. The Hall–Kier alpha value is -3.16. The van der Waals surface area contributed by atoms with Crippen LogP contribution in [0.25, 0.3) is 10.9 Å². The Morgan fingerprint density at radius 2 is 1.61 bits per heavy atom. The number of aliphatic hydroxyl groups excluding tert-OH is 1. The normalized spacial score (nSPS) is 12.7. The Bertz CT molecular complexity index is 1030. The van der Waals surface area contributed by atoms with Crippen molar-refractivity contribution in [3.8, 4) is 0 Å². The average molecular weight is 427 g/mol. The predicted octanol–water partition coefficient (Wildman–Crippen LogP) is 3.43. The van der Waals surface area contributed by atoms with Crippen molar-refractivity contribution in [2.45, 2.75) is 46.4 Å². The highest BCUT2D eigenvalue weighted by molar-refractivity contribution is 6.27. The van der Waals surface area contributed by atoms with Gasteiger partial charge in [-0.25, -0.2) is 9.59 Å². The molecule has 0 spiro atoms. The van der Waals surface area contributed by atoms with E-state index in [0.717, 1.165) is 0 Å². The van der Waals surface area contributed by atoms with Crippen molar-refractivity contribution < 1.29 is 24.9 Å². The molecule has 2 unspecified atom stereocenters. The highest BCUT2D eigenvalue weighted by Gasteiger charge is 2.15. The number of carboxylic acid groups (broad SMARTS) is 2. The Kier molecular flexibility index (Phi) is 8.36. The third-order valence-electron chi connectivity index (χ3n) is 5.33. The zero-order chi connectivity index (χ0) is 23.1. The van der Waals surface area contributed by atoms with Gasteiger partial charge in [0.1, 0.15) is 0 Å². The second-order valence-corrected chi connectivity index (χ2v) is 7.65. The van der Waals surface area contributed by atoms with E-state index in [4.69, 9.17) is 19.8 Å². The highest BCUT2D eigenvalue weighted by atomic mass is 16.4. The number of hydrogen-bond donors (Lipinski definition) is 4. The first-order valence-corrected chi connectivity index (χ1v) is 10.1. The average Bonchev–Trinajstić information content (AvgIpc) is 2.97. The number of aliphatic hydroxyl groups is 1. The van der Waals surface area contributed by atoms with Crippen LogP contribution in [0.5, 0.6) is 0 Å². The Morgan fingerprint density at radius 3 is 2.19 bits per heavy atom. The number of nitrogens with zero attached hydrogens (tertiary/aromatic N) is 1. The second kappa shape index (κ2) is 10.7. The Balaban J connectivity index is 0.000000501. The molecule has 0 amide bonds. The first kappa shape index (κ1) is 24.1. The molecule has 0 radical (unpaired) electrons. The first-order valence-electron chi connectivity index (χ1n) is 10.1. The summed E-state index contributed by atoms with van der Waals surface area (Å²) in [5.41, 5.74) is 6.25. The topological polar surface area (TPSA) is 112 Å². The summed E-state index contributed by atoms with van der Waals surface area (Å²) in [6.45, 7) is 9.72. The van der Waals surface area contributed by atoms with Gasteiger partial charge in [-0.05, 0) is 51.0 Å². The predicted molar refractivity (Wildman–Crippen MR) is 120 cm³/mol. The molecule has 2 aromatic carbocycles. The lowest BCUT2D eigenvalue weighted by atomic mass is 10.1. The third-order valence-corrected chi connectivity index (χ3v) is 5.33. The molecule has 1 heterocycles. The quantitative estimate of drug-likeness (QED) is 0.449. The Morgan fingerprint density at radius 1 is 1.00 bits per heavy atom. The van der Waals surface area contributed by atoms with Crippen LogP contribution in [0.4, 0.5) is 0 Å². The van der Waals surface area contributed by atoms with Crippen molar-refractivity contribution in [1.82, 2.24) is 9.88 Å². The van der Waals surface area contributed by atoms with E-state index < -0.39 is 18.0 Å². The maximum atomic E-state index is 10.6. The SMILES string of the molecule is Cc1ccc2c(c1)c(C)c(C)n2CC(O)CNC(C)c1ccccc1.O=C(O)C(=O)O. The summed E-state index contributed by atoms with van der Waals surface area (Å²) in [7, 11) is 0. The van der Waals surface area contributed by atoms with Gasteiger partial charge in [0.05, 0.1) is 12.6 Å². The van der Waals surface area contributed by atoms with Crippen molar-refractivity contribution in [3.05, 3.63) is 70.9 Å². The van der Waals surface area contributed by atoms with Gasteiger partial charge in [-0.3, -0.25) is 0 Å². The van der Waals surface area contributed by atoms with Gasteiger partial charge in [0, 0.05) is 29.2 Å². The number of hydrogen-bond acceptors (Lipinski definition) is 4. The van der Waals surface area contributed by atoms with Crippen LogP contribution in [0.1, 0.15) is 35.3 Å². The van der Waals surface area contributed by atoms with E-state index in [1.165, 1.54) is 33.3 Å². The number of aromatic nitrogens is 1. The molecular formula is C24H30N2O5. The van der Waals surface area contributed by atoms with Crippen molar-refractivity contribution in [2.75, 3.05) is 6.54 Å². The lowest BCUT2D eigenvalue weighted by Crippen LogP contribution is -2.32. The van der Waals surface area contributed by atoms with Crippen LogP contribution in [0.3, 0.4) is 0 Å². The van der Waals surface area contributed by atoms with Gasteiger partial charge in [0.2, 0.25) is 0 Å². The van der Waals surface area contributed by atoms with Crippen molar-refractivity contribution in [1.29, 1.82) is 0 Å². The van der Waals surface area contributed by atoms with Crippen LogP contribution >= 0.6 is 0 Å². The molecule has 7 heteroatoms. The van der Waals surface area contributed by atoms with E-state index in [2.05, 4.69) is 67.9 Å². The number of aryl methyl sites for hydroxylation is 2. The minimum Gasteiger partial charge on any atom is -0.473 e. The molecular weight excluding hydrogens is 396 g/mol. The standard InChI is InChI=1S/C22H28N2O.C2H2O4/c1-15-10-11-22-21(12-15)16(2)18(4)24(22)14-20(25)13-23-17(3)19-8-6-5-7-9-19;3-1(4)2(5)6/h5-12,17,20,23,25H,13-14H2,1-4H3;(H,3,4)(H,5,6). The smallest absolute Gasteiger partial charge is 0.414 e. The summed E-state index contributed by atoms with van der Waals surface area (Å²) in [6, 6.07) is 17.1. The number of nitrogens with one attached hydrogen (secondary N) is 1. The van der Waals surface area contributed by atoms with Crippen LogP contribution in [0, 0.1) is 20.8 Å². The summed E-state index contributed by atoms with van der Waals surface area (Å²) in [5.74, 6) is -3.65. The minimum atomic E-state index is -1.82. The van der Waals surface area contributed by atoms with Crippen LogP contribution in [-0.4, -0.2) is 44.5 Å². The molecule has 0 aliphatic carbocycles. The fourth-order valence-corrected chi connectivity index (χ4v) is 3.45. The Labute approximate surface area is 182 Å². The zero-order valence-corrected chi connectivity index (χ0v) is 18.3. The molecule has 31 heavy (non-hydrogen) atoms. The number of benzene rings is 2. The van der Waals surface area contributed by atoms with Gasteiger partial charge in [0.15, 0.2) is 0 Å². The van der Waals surface area contributed by atoms with Gasteiger partial charge in [-0.1, -0.05) is 42.0 Å². The molecule has 3 rings (SSSR count). The fourth-order valence-electron chi connectivity index (χ4n) is 3.45. The van der Waals surface area contributed by atoms with E-state index in [-0.39, 0.29) is 6.04 Å². The van der Waals surface area contributed by atoms with Crippen LogP contribution < -0.4 is 5.32 Å². The van der Waals surface area contributed by atoms with Crippen molar-refractivity contribution in [2.24, 2.45) is 0 Å². The van der Waals surface area contributed by atoms with E-state index >= 15 is 0 Å². The van der Waals surface area contributed by atoms with E-state index in [1.807, 2.05) is 18.2 Å². The summed E-state index contributed by atoms with van der Waals surface area (Å²) in [5, 5.41) is 30.1. The highest BCUT2D eigenvalue weighted by Crippen LogP contribution is 2.26. The first-order chi connectivity index (χ1) is 14.6. The molecule has 0 fully saturated rings. The maximum absolute atomic E-state index is 10.6. The van der Waals surface area contributed by atoms with Crippen LogP contribution in [-0.2, 0) is 16.1 Å². The van der Waals surface area contributed by atoms with E-state index in [1.54, 1.807) is 0 Å². The maximum Gasteiger partial charge on any atom is 0.414 e. The fraction of sp³-hybridized carbons (Fsp3) is 0.333. The lowest BCUT2D eigenvalue weighted by molar-refractivity contribution is -0.159. The number of aliphatic carboxylic acids is 2. The second-order valence-electron chi connectivity index (χ2n) is 7.65. The largest absolute Gasteiger partial charge is 0.473 e. The van der Waals surface area contributed by atoms with Gasteiger partial charge in [0.25, 0.3) is 0 Å². The molecule has 0 saturated carbocycles. The van der Waals surface area contributed by atoms with Gasteiger partial charge in [-0.2, -0.15) is 0 Å². The molecule has 0 saturated heterocycles. The van der Waals surface area contributed by atoms with E-state index in [9.17, 15) is 5.11 Å². The van der Waals surface area contributed by atoms with Gasteiger partial charge < -0.3 is 25.2 Å². The van der Waals surface area contributed by atoms with E-state index in [0.29, 0.717) is 13.1 Å². The summed E-state index contributed by atoms with van der Waals surface area (Å²) >= 11 is 0. The van der Waals surface area contributed by atoms with Gasteiger partial charge >= 0.3 is 11.9 Å². The molecule has 3 aromatic rings. The summed E-state index contributed by atoms with van der Waals surface area (Å²) in [4.78, 5) is 18.2. The third kappa shape index (κ3) is 6.41. The van der Waals surface area contributed by atoms with Gasteiger partial charge in [-0.15, -0.1) is 0 Å². The van der Waals surface area contributed by atoms with Crippen molar-refractivity contribution >= 4 is 22.8 Å². The molecule has 0 bridgehead atoms. The molecule has 0 aliphatic heterocycles. The van der Waals surface area contributed by atoms with Crippen LogP contribution in [0.15, 0.2) is 48.5 Å². The molecule has 2 atom stereocenters. The number of rotatable bonds is 6. The number of carbonyl (C=O) groups is 2. The molecule has 4 N–H and O–H groups in total. The molecule has 0 aliphatic rings. The van der Waals surface area contributed by atoms with Crippen LogP contribution in [0.2, 0.25) is 0 Å². The molecule has 166 valence electrons. The summed E-state index contributed by atoms with van der Waals surface area (Å²) < 4.78 is 2.24.